The van der Waals surface area contributed by atoms with Crippen LogP contribution in [0, 0.1) is 6.92 Å². The molecular weight excluding hydrogens is 417 g/mol. The maximum atomic E-state index is 13.6. The minimum Gasteiger partial charge on any atom is -0.493 e. The lowest BCUT2D eigenvalue weighted by Crippen LogP contribution is -2.29. The van der Waals surface area contributed by atoms with Gasteiger partial charge in [-0.2, -0.15) is 13.2 Å². The summed E-state index contributed by atoms with van der Waals surface area (Å²) in [5.41, 5.74) is 2.02. The van der Waals surface area contributed by atoms with E-state index in [9.17, 15) is 18.0 Å². The maximum absolute atomic E-state index is 13.6. The molecule has 4 rings (SSSR count). The average molecular weight is 438 g/mol. The van der Waals surface area contributed by atoms with Crippen molar-refractivity contribution in [2.75, 3.05) is 6.61 Å². The van der Waals surface area contributed by atoms with Crippen molar-refractivity contribution in [2.45, 2.75) is 25.6 Å². The van der Waals surface area contributed by atoms with Gasteiger partial charge in [0.25, 0.3) is 5.56 Å². The number of ether oxygens (including phenoxy) is 1. The lowest BCUT2D eigenvalue weighted by atomic mass is 9.98. The minimum absolute atomic E-state index is 0.201. The third kappa shape index (κ3) is 4.66. The van der Waals surface area contributed by atoms with Crippen LogP contribution in [0.4, 0.5) is 13.2 Å². The molecule has 4 aromatic rings. The molecule has 0 unspecified atom stereocenters. The molecule has 0 saturated carbocycles. The molecule has 1 heterocycles. The Morgan fingerprint density at radius 1 is 0.938 bits per heavy atom. The zero-order valence-corrected chi connectivity index (χ0v) is 17.3. The first kappa shape index (κ1) is 21.6. The Hall–Kier alpha value is -3.61. The Morgan fingerprint density at radius 3 is 2.09 bits per heavy atom. The number of alkyl halides is 3. The fraction of sp³-hybridized carbons (Fsp3) is 0.200. The van der Waals surface area contributed by atoms with Crippen molar-refractivity contribution in [3.8, 4) is 5.75 Å². The van der Waals surface area contributed by atoms with E-state index in [0.717, 1.165) is 11.1 Å². The molecule has 0 N–H and O–H groups in total. The molecule has 0 atom stereocenters. The Kier molecular flexibility index (Phi) is 5.99. The van der Waals surface area contributed by atoms with Gasteiger partial charge in [-0.3, -0.25) is 9.36 Å². The van der Waals surface area contributed by atoms with Gasteiger partial charge < -0.3 is 4.74 Å². The summed E-state index contributed by atoms with van der Waals surface area (Å²) in [5.74, 6) is 0.734. The van der Waals surface area contributed by atoms with Crippen molar-refractivity contribution >= 4 is 10.9 Å². The molecule has 0 aliphatic heterocycles. The molecule has 1 aromatic heterocycles. The number of aryl methyl sites for hydroxylation is 1. The van der Waals surface area contributed by atoms with Crippen LogP contribution in [-0.2, 0) is 0 Å². The Morgan fingerprint density at radius 2 is 1.53 bits per heavy atom. The highest BCUT2D eigenvalue weighted by atomic mass is 19.4. The van der Waals surface area contributed by atoms with Gasteiger partial charge in [0.2, 0.25) is 0 Å². The number of nitrogens with zero attached hydrogens (tertiary/aromatic N) is 2. The maximum Gasteiger partial charge on any atom is 0.392 e. The lowest BCUT2D eigenvalue weighted by molar-refractivity contribution is -0.139. The standard InChI is InChI=1S/C25H21F3N2O2/c1-17-29-22-13-12-20(32-15-14-25(26,27)28)16-21(22)24(31)30(17)23(18-8-4-2-5-9-18)19-10-6-3-7-11-19/h2-13,16,23H,14-15H2,1H3. The van der Waals surface area contributed by atoms with Crippen molar-refractivity contribution in [1.82, 2.24) is 9.55 Å². The van der Waals surface area contributed by atoms with Gasteiger partial charge in [0.1, 0.15) is 11.6 Å². The molecule has 164 valence electrons. The molecule has 4 nitrogen and oxygen atoms in total. The minimum atomic E-state index is -4.30. The van der Waals surface area contributed by atoms with Crippen molar-refractivity contribution < 1.29 is 17.9 Å². The van der Waals surface area contributed by atoms with E-state index in [1.165, 1.54) is 12.1 Å². The molecule has 0 saturated heterocycles. The normalized spacial score (nSPS) is 11.8. The zero-order chi connectivity index (χ0) is 22.7. The highest BCUT2D eigenvalue weighted by Gasteiger charge is 2.27. The predicted octanol–water partition coefficient (Wildman–Crippen LogP) is 5.67. The van der Waals surface area contributed by atoms with Gasteiger partial charge in [0.15, 0.2) is 0 Å². The molecule has 0 radical (unpaired) electrons. The lowest BCUT2D eigenvalue weighted by Gasteiger charge is -2.23. The van der Waals surface area contributed by atoms with Crippen molar-refractivity contribution in [1.29, 1.82) is 0 Å². The first-order chi connectivity index (χ1) is 15.3. The van der Waals surface area contributed by atoms with Gasteiger partial charge in [-0.15, -0.1) is 0 Å². The second-order valence-corrected chi connectivity index (χ2v) is 7.45. The van der Waals surface area contributed by atoms with Gasteiger partial charge >= 0.3 is 6.18 Å². The highest BCUT2D eigenvalue weighted by molar-refractivity contribution is 5.79. The van der Waals surface area contributed by atoms with Crippen molar-refractivity contribution in [3.63, 3.8) is 0 Å². The van der Waals surface area contributed by atoms with Crippen LogP contribution in [0.25, 0.3) is 10.9 Å². The van der Waals surface area contributed by atoms with Crippen LogP contribution < -0.4 is 10.3 Å². The predicted molar refractivity (Wildman–Crippen MR) is 117 cm³/mol. The molecule has 0 fully saturated rings. The number of hydrogen-bond donors (Lipinski definition) is 0. The van der Waals surface area contributed by atoms with E-state index >= 15 is 0 Å². The number of hydrogen-bond acceptors (Lipinski definition) is 3. The molecule has 0 aliphatic carbocycles. The highest BCUT2D eigenvalue weighted by Crippen LogP contribution is 2.28. The van der Waals surface area contributed by atoms with Crippen LogP contribution in [0.15, 0.2) is 83.7 Å². The number of aromatic nitrogens is 2. The first-order valence-corrected chi connectivity index (χ1v) is 10.2. The van der Waals surface area contributed by atoms with Crippen LogP contribution in [0.1, 0.15) is 29.4 Å². The summed E-state index contributed by atoms with van der Waals surface area (Å²) in [6, 6.07) is 23.4. The summed E-state index contributed by atoms with van der Waals surface area (Å²) in [4.78, 5) is 18.2. The molecule has 0 amide bonds. The number of fused-ring (bicyclic) bond motifs is 1. The average Bonchev–Trinajstić information content (AvgIpc) is 2.77. The van der Waals surface area contributed by atoms with E-state index in [2.05, 4.69) is 4.98 Å². The van der Waals surface area contributed by atoms with E-state index in [4.69, 9.17) is 4.74 Å². The molecule has 0 spiro atoms. The SMILES string of the molecule is Cc1nc2ccc(OCCC(F)(F)F)cc2c(=O)n1C(c1ccccc1)c1ccccc1. The molecule has 3 aromatic carbocycles. The number of halogens is 3. The van der Waals surface area contributed by atoms with E-state index in [-0.39, 0.29) is 16.7 Å². The van der Waals surface area contributed by atoms with Gasteiger partial charge in [-0.1, -0.05) is 60.7 Å². The first-order valence-electron chi connectivity index (χ1n) is 10.2. The van der Waals surface area contributed by atoms with Crippen molar-refractivity contribution in [2.24, 2.45) is 0 Å². The topological polar surface area (TPSA) is 44.1 Å². The largest absolute Gasteiger partial charge is 0.493 e. The number of rotatable bonds is 6. The summed E-state index contributed by atoms with van der Waals surface area (Å²) in [5, 5.41) is 0.289. The van der Waals surface area contributed by atoms with Crippen LogP contribution in [0.2, 0.25) is 0 Å². The third-order valence-corrected chi connectivity index (χ3v) is 5.19. The Labute approximate surface area is 182 Å². The van der Waals surface area contributed by atoms with E-state index < -0.39 is 25.2 Å². The number of benzene rings is 3. The van der Waals surface area contributed by atoms with Gasteiger partial charge in [0.05, 0.1) is 30.0 Å². The van der Waals surface area contributed by atoms with E-state index in [0.29, 0.717) is 11.3 Å². The second kappa shape index (κ2) is 8.86. The summed E-state index contributed by atoms with van der Waals surface area (Å²) in [6.07, 6.45) is -5.37. The smallest absolute Gasteiger partial charge is 0.392 e. The molecular formula is C25H21F3N2O2. The Balaban J connectivity index is 1.82. The van der Waals surface area contributed by atoms with Crippen LogP contribution in [-0.4, -0.2) is 22.3 Å². The molecule has 0 aliphatic rings. The summed E-state index contributed by atoms with van der Waals surface area (Å²) >= 11 is 0. The van der Waals surface area contributed by atoms with Crippen LogP contribution in [0.3, 0.4) is 0 Å². The van der Waals surface area contributed by atoms with E-state index in [1.54, 1.807) is 17.6 Å². The molecule has 32 heavy (non-hydrogen) atoms. The molecule has 7 heteroatoms. The monoisotopic (exact) mass is 438 g/mol. The van der Waals surface area contributed by atoms with Gasteiger partial charge in [-0.25, -0.2) is 4.98 Å². The summed E-state index contributed by atoms with van der Waals surface area (Å²) in [7, 11) is 0. The fourth-order valence-electron chi connectivity index (χ4n) is 3.73. The molecule has 0 bridgehead atoms. The Bertz CT molecular complexity index is 1230. The summed E-state index contributed by atoms with van der Waals surface area (Å²) < 4.78 is 44.2. The van der Waals surface area contributed by atoms with Crippen LogP contribution >= 0.6 is 0 Å². The third-order valence-electron chi connectivity index (χ3n) is 5.19. The van der Waals surface area contributed by atoms with Crippen LogP contribution in [0.5, 0.6) is 5.75 Å². The van der Waals surface area contributed by atoms with Gasteiger partial charge in [0, 0.05) is 0 Å². The quantitative estimate of drug-likeness (QED) is 0.389. The second-order valence-electron chi connectivity index (χ2n) is 7.45. The van der Waals surface area contributed by atoms with Gasteiger partial charge in [-0.05, 0) is 36.2 Å². The summed E-state index contributed by atoms with van der Waals surface area (Å²) in [6.45, 7) is 1.26. The zero-order valence-electron chi connectivity index (χ0n) is 17.3. The van der Waals surface area contributed by atoms with E-state index in [1.807, 2.05) is 60.7 Å². The van der Waals surface area contributed by atoms with Crippen molar-refractivity contribution in [3.05, 3.63) is 106 Å². The fourth-order valence-corrected chi connectivity index (χ4v) is 3.73.